The summed E-state index contributed by atoms with van der Waals surface area (Å²) < 4.78 is 74.5. The number of furan rings is 1. The van der Waals surface area contributed by atoms with Gasteiger partial charge in [-0.15, -0.1) is 0 Å². The highest BCUT2D eigenvalue weighted by atomic mass is 35.5. The van der Waals surface area contributed by atoms with E-state index in [0.717, 1.165) is 16.5 Å². The Labute approximate surface area is 199 Å². The van der Waals surface area contributed by atoms with Gasteiger partial charge in [0.2, 0.25) is 11.9 Å². The molecule has 12 heteroatoms. The summed E-state index contributed by atoms with van der Waals surface area (Å²) >= 11 is 6.34. The fraction of sp³-hybridized carbons (Fsp3) is 0.174. The molecule has 5 rings (SSSR count). The van der Waals surface area contributed by atoms with Crippen LogP contribution in [0.2, 0.25) is 5.15 Å². The largest absolute Gasteiger partial charge is 0.472 e. The van der Waals surface area contributed by atoms with Crippen LogP contribution in [0.25, 0.3) is 22.3 Å². The average molecular weight is 509 g/mol. The molecule has 1 aliphatic rings. The van der Waals surface area contributed by atoms with Crippen molar-refractivity contribution in [2.75, 3.05) is 13.1 Å². The van der Waals surface area contributed by atoms with E-state index in [2.05, 4.69) is 9.97 Å². The molecule has 4 aromatic heterocycles. The maximum Gasteiger partial charge on any atom is 0.420 e. The standard InChI is InChI=1S/C23H14ClF5N4O2/c24-19-18(22(34)32-6-3-12(4-7-32)15-1-2-17(25)30-20(15)26)31-21-16(23(27,28)29)9-14(10-33(19)21)13-5-8-35-11-13/h1-3,5,8-11H,4,6-7H2. The molecule has 5 heterocycles. The fourth-order valence-electron chi connectivity index (χ4n) is 3.95. The van der Waals surface area contributed by atoms with Gasteiger partial charge in [-0.25, -0.2) is 4.98 Å². The zero-order valence-electron chi connectivity index (χ0n) is 17.6. The number of nitrogens with zero attached hydrogens (tertiary/aromatic N) is 4. The first-order valence-corrected chi connectivity index (χ1v) is 10.6. The van der Waals surface area contributed by atoms with Crippen LogP contribution in [0, 0.1) is 11.9 Å². The van der Waals surface area contributed by atoms with Crippen molar-refractivity contribution >= 4 is 28.7 Å². The van der Waals surface area contributed by atoms with Crippen LogP contribution < -0.4 is 0 Å². The van der Waals surface area contributed by atoms with Gasteiger partial charge in [0.15, 0.2) is 11.3 Å². The smallest absolute Gasteiger partial charge is 0.420 e. The molecule has 35 heavy (non-hydrogen) atoms. The highest BCUT2D eigenvalue weighted by Gasteiger charge is 2.36. The molecule has 0 aromatic carbocycles. The predicted octanol–water partition coefficient (Wildman–Crippen LogP) is 5.87. The van der Waals surface area contributed by atoms with Gasteiger partial charge >= 0.3 is 6.18 Å². The van der Waals surface area contributed by atoms with Crippen molar-refractivity contribution in [2.45, 2.75) is 12.6 Å². The van der Waals surface area contributed by atoms with Gasteiger partial charge in [0, 0.05) is 36.0 Å². The Balaban J connectivity index is 1.50. The minimum absolute atomic E-state index is 0.0293. The van der Waals surface area contributed by atoms with Gasteiger partial charge in [-0.05, 0) is 36.3 Å². The van der Waals surface area contributed by atoms with Crippen LogP contribution in [0.15, 0.2) is 53.5 Å². The molecule has 6 nitrogen and oxygen atoms in total. The molecule has 4 aromatic rings. The number of carbonyl (C=O) groups is 1. The van der Waals surface area contributed by atoms with Crippen molar-refractivity contribution < 1.29 is 31.2 Å². The van der Waals surface area contributed by atoms with Crippen molar-refractivity contribution in [1.82, 2.24) is 19.3 Å². The number of amides is 1. The topological polar surface area (TPSA) is 63.6 Å². The van der Waals surface area contributed by atoms with Gasteiger partial charge in [-0.1, -0.05) is 17.7 Å². The SMILES string of the molecule is O=C(c1nc2c(C(F)(F)F)cc(-c3ccoc3)cn2c1Cl)N1CC=C(c2ccc(F)nc2F)CC1. The van der Waals surface area contributed by atoms with Crippen LogP contribution in [0.5, 0.6) is 0 Å². The van der Waals surface area contributed by atoms with E-state index in [1.165, 1.54) is 35.8 Å². The molecule has 0 aliphatic carbocycles. The maximum absolute atomic E-state index is 14.0. The van der Waals surface area contributed by atoms with Crippen LogP contribution in [-0.2, 0) is 6.18 Å². The summed E-state index contributed by atoms with van der Waals surface area (Å²) in [6, 6.07) is 4.70. The molecule has 0 bridgehead atoms. The third kappa shape index (κ3) is 4.16. The van der Waals surface area contributed by atoms with E-state index in [1.807, 2.05) is 0 Å². The Morgan fingerprint density at radius 1 is 1.11 bits per heavy atom. The average Bonchev–Trinajstić information content (AvgIpc) is 3.46. The lowest BCUT2D eigenvalue weighted by atomic mass is 10.0. The fourth-order valence-corrected chi connectivity index (χ4v) is 4.20. The second kappa shape index (κ2) is 8.49. The van der Waals surface area contributed by atoms with E-state index in [9.17, 15) is 26.7 Å². The summed E-state index contributed by atoms with van der Waals surface area (Å²) in [6.45, 7) is 0.152. The minimum atomic E-state index is -4.76. The van der Waals surface area contributed by atoms with Crippen molar-refractivity contribution in [3.05, 3.63) is 82.9 Å². The zero-order valence-corrected chi connectivity index (χ0v) is 18.4. The lowest BCUT2D eigenvalue weighted by Gasteiger charge is -2.26. The lowest BCUT2D eigenvalue weighted by Crippen LogP contribution is -2.35. The number of hydrogen-bond donors (Lipinski definition) is 0. The molecule has 0 saturated heterocycles. The highest BCUT2D eigenvalue weighted by molar-refractivity contribution is 6.33. The quantitative estimate of drug-likeness (QED) is 0.256. The number of imidazole rings is 1. The van der Waals surface area contributed by atoms with Crippen molar-refractivity contribution in [3.63, 3.8) is 0 Å². The molecule has 0 saturated carbocycles. The molecule has 0 atom stereocenters. The summed E-state index contributed by atoms with van der Waals surface area (Å²) in [5, 5.41) is -0.274. The highest BCUT2D eigenvalue weighted by Crippen LogP contribution is 2.37. The summed E-state index contributed by atoms with van der Waals surface area (Å²) in [5.41, 5.74) is -0.685. The molecule has 1 aliphatic heterocycles. The molecule has 180 valence electrons. The second-order valence-corrected chi connectivity index (χ2v) is 8.16. The van der Waals surface area contributed by atoms with Crippen LogP contribution in [0.3, 0.4) is 0 Å². The Morgan fingerprint density at radius 2 is 1.91 bits per heavy atom. The first-order valence-electron chi connectivity index (χ1n) is 10.3. The van der Waals surface area contributed by atoms with Gasteiger partial charge in [0.25, 0.3) is 5.91 Å². The van der Waals surface area contributed by atoms with Crippen LogP contribution in [-0.4, -0.2) is 38.3 Å². The molecule has 0 N–H and O–H groups in total. The van der Waals surface area contributed by atoms with Crippen LogP contribution in [0.4, 0.5) is 22.0 Å². The molecule has 0 spiro atoms. The summed E-state index contributed by atoms with van der Waals surface area (Å²) in [6.07, 6.45) is 0.991. The van der Waals surface area contributed by atoms with Gasteiger partial charge in [0.1, 0.15) is 5.15 Å². The van der Waals surface area contributed by atoms with Gasteiger partial charge in [-0.3, -0.25) is 9.20 Å². The Bertz CT molecular complexity index is 1480. The molecule has 0 fully saturated rings. The van der Waals surface area contributed by atoms with Gasteiger partial charge in [-0.2, -0.15) is 26.9 Å². The normalized spacial score (nSPS) is 14.5. The molecular weight excluding hydrogens is 495 g/mol. The van der Waals surface area contributed by atoms with Gasteiger partial charge in [0.05, 0.1) is 18.1 Å². The first-order chi connectivity index (χ1) is 16.6. The summed E-state index contributed by atoms with van der Waals surface area (Å²) in [5.74, 6) is -2.59. The summed E-state index contributed by atoms with van der Waals surface area (Å²) in [4.78, 5) is 21.6. The zero-order chi connectivity index (χ0) is 24.9. The Kier molecular flexibility index (Phi) is 5.59. The second-order valence-electron chi connectivity index (χ2n) is 7.80. The van der Waals surface area contributed by atoms with Gasteiger partial charge < -0.3 is 9.32 Å². The monoisotopic (exact) mass is 508 g/mol. The third-order valence-electron chi connectivity index (χ3n) is 5.68. The molecule has 0 unspecified atom stereocenters. The summed E-state index contributed by atoms with van der Waals surface area (Å²) in [7, 11) is 0. The number of hydrogen-bond acceptors (Lipinski definition) is 4. The maximum atomic E-state index is 14.0. The Morgan fingerprint density at radius 3 is 2.54 bits per heavy atom. The lowest BCUT2D eigenvalue weighted by molar-refractivity contribution is -0.136. The third-order valence-corrected chi connectivity index (χ3v) is 6.04. The number of alkyl halides is 3. The molecular formula is C23H14ClF5N4O2. The molecule has 0 radical (unpaired) electrons. The number of carbonyl (C=O) groups excluding carboxylic acids is 1. The van der Waals surface area contributed by atoms with Crippen LogP contribution in [0.1, 0.15) is 28.0 Å². The number of pyridine rings is 2. The van der Waals surface area contributed by atoms with Crippen molar-refractivity contribution in [1.29, 1.82) is 0 Å². The van der Waals surface area contributed by atoms with E-state index >= 15 is 0 Å². The molecule has 1 amide bonds. The van der Waals surface area contributed by atoms with E-state index in [4.69, 9.17) is 16.0 Å². The van der Waals surface area contributed by atoms with Crippen molar-refractivity contribution in [3.8, 4) is 11.1 Å². The van der Waals surface area contributed by atoms with Crippen molar-refractivity contribution in [2.24, 2.45) is 0 Å². The number of rotatable bonds is 3. The van der Waals surface area contributed by atoms with E-state index < -0.39 is 35.2 Å². The predicted molar refractivity (Wildman–Crippen MR) is 116 cm³/mol. The van der Waals surface area contributed by atoms with E-state index in [1.54, 1.807) is 6.08 Å². The minimum Gasteiger partial charge on any atom is -0.472 e. The van der Waals surface area contributed by atoms with Crippen LogP contribution >= 0.6 is 11.6 Å². The first kappa shape index (κ1) is 23.0. The Hall–Kier alpha value is -3.73. The van der Waals surface area contributed by atoms with E-state index in [-0.39, 0.29) is 41.5 Å². The number of aromatic nitrogens is 3. The number of fused-ring (bicyclic) bond motifs is 1. The van der Waals surface area contributed by atoms with E-state index in [0.29, 0.717) is 11.1 Å². The number of halogens is 6.